The summed E-state index contributed by atoms with van der Waals surface area (Å²) < 4.78 is 0. The molecule has 6 atom stereocenters. The van der Waals surface area contributed by atoms with E-state index < -0.39 is 0 Å². The number of hydrogen-bond acceptors (Lipinski definition) is 0. The van der Waals surface area contributed by atoms with Crippen LogP contribution in [0.3, 0.4) is 0 Å². The molecular formula is C24H42. The summed E-state index contributed by atoms with van der Waals surface area (Å²) in [5.41, 5.74) is 1.13. The van der Waals surface area contributed by atoms with Crippen molar-refractivity contribution in [3.63, 3.8) is 0 Å². The van der Waals surface area contributed by atoms with Crippen molar-refractivity contribution in [3.05, 3.63) is 0 Å². The van der Waals surface area contributed by atoms with Gasteiger partial charge in [0.1, 0.15) is 0 Å². The molecule has 0 aromatic heterocycles. The van der Waals surface area contributed by atoms with Crippen LogP contribution in [-0.2, 0) is 0 Å². The third kappa shape index (κ3) is 2.61. The molecule has 4 aliphatic carbocycles. The van der Waals surface area contributed by atoms with Crippen LogP contribution in [0.4, 0.5) is 0 Å². The van der Waals surface area contributed by atoms with Gasteiger partial charge in [-0.1, -0.05) is 66.2 Å². The van der Waals surface area contributed by atoms with Gasteiger partial charge in [0.15, 0.2) is 0 Å². The molecule has 0 heterocycles. The zero-order valence-electron chi connectivity index (χ0n) is 16.9. The van der Waals surface area contributed by atoms with E-state index in [1.54, 1.807) is 25.7 Å². The summed E-state index contributed by atoms with van der Waals surface area (Å²) in [4.78, 5) is 0. The van der Waals surface area contributed by atoms with Crippen molar-refractivity contribution in [1.82, 2.24) is 0 Å². The van der Waals surface area contributed by atoms with E-state index in [1.807, 2.05) is 0 Å². The van der Waals surface area contributed by atoms with E-state index in [2.05, 4.69) is 27.7 Å². The number of hydrogen-bond donors (Lipinski definition) is 0. The fraction of sp³-hybridized carbons (Fsp3) is 1.00. The third-order valence-corrected chi connectivity index (χ3v) is 10.2. The summed E-state index contributed by atoms with van der Waals surface area (Å²) >= 11 is 0. The van der Waals surface area contributed by atoms with Crippen molar-refractivity contribution in [2.75, 3.05) is 0 Å². The first-order valence-electron chi connectivity index (χ1n) is 11.4. The highest BCUT2D eigenvalue weighted by Gasteiger charge is 2.55. The Labute approximate surface area is 151 Å². The molecule has 0 aromatic carbocycles. The van der Waals surface area contributed by atoms with Crippen LogP contribution >= 0.6 is 0 Å². The van der Waals surface area contributed by atoms with Gasteiger partial charge in [-0.3, -0.25) is 0 Å². The van der Waals surface area contributed by atoms with Crippen molar-refractivity contribution in [2.24, 2.45) is 46.3 Å². The second kappa shape index (κ2) is 6.31. The Hall–Kier alpha value is 0. The predicted octanol–water partition coefficient (Wildman–Crippen LogP) is 7.47. The van der Waals surface area contributed by atoms with Gasteiger partial charge in [-0.05, 0) is 84.9 Å². The third-order valence-electron chi connectivity index (χ3n) is 10.2. The average Bonchev–Trinajstić information content (AvgIpc) is 2.95. The summed E-state index contributed by atoms with van der Waals surface area (Å²) in [7, 11) is 0. The van der Waals surface area contributed by atoms with Gasteiger partial charge < -0.3 is 0 Å². The Kier molecular flexibility index (Phi) is 4.58. The SMILES string of the molecule is CC1C2CC3CCCCC3C2CCC1C(C)(C)C1(C)CCCCC1. The maximum Gasteiger partial charge on any atom is -0.0269 e. The number of rotatable bonds is 2. The van der Waals surface area contributed by atoms with E-state index in [9.17, 15) is 0 Å². The Morgan fingerprint density at radius 2 is 1.46 bits per heavy atom. The van der Waals surface area contributed by atoms with Crippen molar-refractivity contribution in [1.29, 1.82) is 0 Å². The fourth-order valence-corrected chi connectivity index (χ4v) is 8.34. The zero-order chi connectivity index (χ0) is 16.9. The lowest BCUT2D eigenvalue weighted by molar-refractivity contribution is -0.0675. The van der Waals surface area contributed by atoms with Gasteiger partial charge in [-0.2, -0.15) is 0 Å². The Balaban J connectivity index is 1.53. The molecule has 0 radical (unpaired) electrons. The lowest BCUT2D eigenvalue weighted by Crippen LogP contribution is -2.48. The first kappa shape index (κ1) is 17.4. The van der Waals surface area contributed by atoms with Crippen LogP contribution in [-0.4, -0.2) is 0 Å². The van der Waals surface area contributed by atoms with E-state index >= 15 is 0 Å². The van der Waals surface area contributed by atoms with Gasteiger partial charge >= 0.3 is 0 Å². The minimum Gasteiger partial charge on any atom is -0.0619 e. The molecule has 0 aromatic rings. The van der Waals surface area contributed by atoms with Crippen LogP contribution < -0.4 is 0 Å². The second-order valence-electron chi connectivity index (χ2n) is 11.2. The summed E-state index contributed by atoms with van der Waals surface area (Å²) in [6.07, 6.45) is 18.3. The van der Waals surface area contributed by atoms with Crippen LogP contribution in [0.25, 0.3) is 0 Å². The van der Waals surface area contributed by atoms with Crippen molar-refractivity contribution in [2.45, 2.75) is 105 Å². The van der Waals surface area contributed by atoms with Crippen LogP contribution in [0.2, 0.25) is 0 Å². The monoisotopic (exact) mass is 330 g/mol. The molecule has 0 N–H and O–H groups in total. The Morgan fingerprint density at radius 1 is 0.750 bits per heavy atom. The van der Waals surface area contributed by atoms with Crippen LogP contribution in [0.1, 0.15) is 105 Å². The standard InChI is InChI=1S/C24H42/c1-17-21-16-18-10-6-7-11-19(18)20(21)12-13-22(17)23(2,3)24(4)14-8-5-9-15-24/h17-22H,5-16H2,1-4H3. The van der Waals surface area contributed by atoms with Crippen molar-refractivity contribution >= 4 is 0 Å². The maximum absolute atomic E-state index is 2.67. The lowest BCUT2D eigenvalue weighted by Gasteiger charge is -2.56. The van der Waals surface area contributed by atoms with Crippen LogP contribution in [0.15, 0.2) is 0 Å². The van der Waals surface area contributed by atoms with Gasteiger partial charge in [0.05, 0.1) is 0 Å². The molecule has 4 aliphatic rings. The van der Waals surface area contributed by atoms with E-state index in [1.165, 1.54) is 51.4 Å². The largest absolute Gasteiger partial charge is 0.0619 e. The van der Waals surface area contributed by atoms with Crippen molar-refractivity contribution in [3.8, 4) is 0 Å². The first-order valence-corrected chi connectivity index (χ1v) is 11.4. The Bertz CT molecular complexity index is 441. The normalized spacial score (nSPS) is 45.5. The minimum absolute atomic E-state index is 0.533. The topological polar surface area (TPSA) is 0 Å². The van der Waals surface area contributed by atoms with Crippen LogP contribution in [0.5, 0.6) is 0 Å². The van der Waals surface area contributed by atoms with Gasteiger partial charge in [0, 0.05) is 0 Å². The quantitative estimate of drug-likeness (QED) is 0.492. The molecule has 0 amide bonds. The smallest absolute Gasteiger partial charge is 0.0269 e. The molecule has 0 nitrogen and oxygen atoms in total. The van der Waals surface area contributed by atoms with E-state index in [0.717, 1.165) is 35.5 Å². The second-order valence-corrected chi connectivity index (χ2v) is 11.2. The highest BCUT2D eigenvalue weighted by atomic mass is 14.6. The molecule has 0 spiro atoms. The molecular weight excluding hydrogens is 288 g/mol. The molecule has 4 fully saturated rings. The lowest BCUT2D eigenvalue weighted by atomic mass is 9.49. The Morgan fingerprint density at radius 3 is 2.21 bits per heavy atom. The van der Waals surface area contributed by atoms with Gasteiger partial charge in [-0.25, -0.2) is 0 Å². The molecule has 6 unspecified atom stereocenters. The highest BCUT2D eigenvalue weighted by molar-refractivity contribution is 5.04. The molecule has 4 rings (SSSR count). The predicted molar refractivity (Wildman–Crippen MR) is 104 cm³/mol. The molecule has 0 bridgehead atoms. The van der Waals surface area contributed by atoms with E-state index in [0.29, 0.717) is 10.8 Å². The zero-order valence-corrected chi connectivity index (χ0v) is 16.9. The van der Waals surface area contributed by atoms with Gasteiger partial charge in [0.2, 0.25) is 0 Å². The number of fused-ring (bicyclic) bond motifs is 3. The summed E-state index contributed by atoms with van der Waals surface area (Å²) in [6.45, 7) is 10.7. The van der Waals surface area contributed by atoms with E-state index in [-0.39, 0.29) is 0 Å². The average molecular weight is 331 g/mol. The summed E-state index contributed by atoms with van der Waals surface area (Å²) in [5, 5.41) is 0. The fourth-order valence-electron chi connectivity index (χ4n) is 8.34. The minimum atomic E-state index is 0.533. The maximum atomic E-state index is 2.67. The van der Waals surface area contributed by atoms with Gasteiger partial charge in [0.25, 0.3) is 0 Å². The highest BCUT2D eigenvalue weighted by Crippen LogP contribution is 2.63. The molecule has 4 saturated carbocycles. The summed E-state index contributed by atoms with van der Waals surface area (Å²) in [5.74, 6) is 6.37. The first-order chi connectivity index (χ1) is 11.4. The van der Waals surface area contributed by atoms with Crippen molar-refractivity contribution < 1.29 is 0 Å². The molecule has 24 heavy (non-hydrogen) atoms. The summed E-state index contributed by atoms with van der Waals surface area (Å²) in [6, 6.07) is 0. The molecule has 138 valence electrons. The molecule has 0 heteroatoms. The van der Waals surface area contributed by atoms with Crippen LogP contribution in [0, 0.1) is 46.3 Å². The van der Waals surface area contributed by atoms with Gasteiger partial charge in [-0.15, -0.1) is 0 Å². The molecule has 0 aliphatic heterocycles. The molecule has 0 saturated heterocycles. The van der Waals surface area contributed by atoms with E-state index in [4.69, 9.17) is 0 Å².